The molecule has 0 spiro atoms. The molecular weight excluding hydrogens is 469 g/mol. The summed E-state index contributed by atoms with van der Waals surface area (Å²) in [6.45, 7) is 5.02. The van der Waals surface area contributed by atoms with Gasteiger partial charge in [-0.05, 0) is 54.7 Å². The van der Waals surface area contributed by atoms with Crippen LogP contribution in [0.3, 0.4) is 0 Å². The summed E-state index contributed by atoms with van der Waals surface area (Å²) in [5.74, 6) is -0.399. The zero-order valence-electron chi connectivity index (χ0n) is 18.3. The number of anilines is 1. The van der Waals surface area contributed by atoms with E-state index in [4.69, 9.17) is 11.6 Å². The summed E-state index contributed by atoms with van der Waals surface area (Å²) in [6.07, 6.45) is -2.71. The van der Waals surface area contributed by atoms with Crippen molar-refractivity contribution < 1.29 is 18.0 Å². The third kappa shape index (κ3) is 4.95. The molecule has 2 heterocycles. The molecule has 8 heteroatoms. The fourth-order valence-corrected chi connectivity index (χ4v) is 6.13. The Kier molecular flexibility index (Phi) is 6.84. The Morgan fingerprint density at radius 2 is 1.94 bits per heavy atom. The zero-order valence-corrected chi connectivity index (χ0v) is 19.9. The Hall–Kier alpha value is -2.35. The number of rotatable bonds is 5. The fraction of sp³-hybridized carbons (Fsp3) is 0.320. The number of alkyl halides is 3. The number of carbonyl (C=O) groups excluding carboxylic acids is 1. The van der Waals surface area contributed by atoms with Crippen LogP contribution in [0.2, 0.25) is 5.02 Å². The monoisotopic (exact) mass is 492 g/mol. The first kappa shape index (κ1) is 23.8. The molecule has 1 aromatic heterocycles. The zero-order chi connectivity index (χ0) is 23.8. The summed E-state index contributed by atoms with van der Waals surface area (Å²) in [7, 11) is 0. The van der Waals surface area contributed by atoms with Crippen LogP contribution >= 0.6 is 22.9 Å². The molecule has 1 aliphatic rings. The van der Waals surface area contributed by atoms with Crippen molar-refractivity contribution in [1.29, 1.82) is 0 Å². The Labute approximate surface area is 200 Å². The first-order chi connectivity index (χ1) is 15.7. The first-order valence-electron chi connectivity index (χ1n) is 10.8. The van der Waals surface area contributed by atoms with E-state index in [1.165, 1.54) is 20.9 Å². The lowest BCUT2D eigenvalue weighted by Crippen LogP contribution is -2.40. The smallest absolute Gasteiger partial charge is 0.324 e. The van der Waals surface area contributed by atoms with Gasteiger partial charge in [-0.1, -0.05) is 48.9 Å². The molecule has 0 bridgehead atoms. The molecule has 1 atom stereocenters. The summed E-state index contributed by atoms with van der Waals surface area (Å²) in [4.78, 5) is 17.5. The molecule has 1 amide bonds. The average Bonchev–Trinajstić information content (AvgIpc) is 3.09. The molecule has 1 N–H and O–H groups in total. The minimum Gasteiger partial charge on any atom is -0.324 e. The Morgan fingerprint density at radius 3 is 2.61 bits per heavy atom. The molecular formula is C25H24ClF3N2OS. The number of amides is 1. The molecule has 3 nitrogen and oxygen atoms in total. The van der Waals surface area contributed by atoms with Gasteiger partial charge in [0, 0.05) is 16.3 Å². The average molecular weight is 493 g/mol. The van der Waals surface area contributed by atoms with E-state index in [-0.39, 0.29) is 23.3 Å². The highest BCUT2D eigenvalue weighted by Gasteiger charge is 2.34. The number of hydrogen-bond donors (Lipinski definition) is 1. The fourth-order valence-electron chi connectivity index (χ4n) is 4.50. The van der Waals surface area contributed by atoms with E-state index < -0.39 is 17.6 Å². The standard InChI is InChI=1S/C25H24ClF3N2OS/c1-3-18-15(2)33-24-19(18)11-12-31(23(24)16-7-5-4-6-8-16)14-22(32)30-21-13-17(25(27,28)29)9-10-20(21)26/h4-10,13,23H,3,11-12,14H2,1-2H3,(H,30,32)/t23-/m1/s1. The molecule has 174 valence electrons. The van der Waals surface area contributed by atoms with Crippen molar-refractivity contribution in [3.05, 3.63) is 85.6 Å². The Morgan fingerprint density at radius 1 is 1.21 bits per heavy atom. The van der Waals surface area contributed by atoms with Crippen LogP contribution in [0.15, 0.2) is 48.5 Å². The maximum atomic E-state index is 13.1. The quantitative estimate of drug-likeness (QED) is 0.421. The number of aryl methyl sites for hydroxylation is 1. The predicted octanol–water partition coefficient (Wildman–Crippen LogP) is 6.88. The molecule has 0 saturated carbocycles. The van der Waals surface area contributed by atoms with E-state index in [9.17, 15) is 18.0 Å². The van der Waals surface area contributed by atoms with E-state index >= 15 is 0 Å². The molecule has 4 rings (SSSR count). The summed E-state index contributed by atoms with van der Waals surface area (Å²) in [6, 6.07) is 12.9. The van der Waals surface area contributed by atoms with E-state index in [1.807, 2.05) is 18.2 Å². The molecule has 2 aromatic carbocycles. The molecule has 0 radical (unpaired) electrons. The topological polar surface area (TPSA) is 32.3 Å². The number of hydrogen-bond acceptors (Lipinski definition) is 3. The summed E-state index contributed by atoms with van der Waals surface area (Å²) in [5, 5.41) is 2.65. The van der Waals surface area contributed by atoms with Crippen LogP contribution in [0, 0.1) is 6.92 Å². The molecule has 0 saturated heterocycles. The van der Waals surface area contributed by atoms with Crippen LogP contribution in [0.25, 0.3) is 0 Å². The Bertz CT molecular complexity index is 1160. The number of carbonyl (C=O) groups is 1. The van der Waals surface area contributed by atoms with E-state index in [1.54, 1.807) is 11.3 Å². The van der Waals surface area contributed by atoms with Crippen LogP contribution in [-0.2, 0) is 23.8 Å². The highest BCUT2D eigenvalue weighted by molar-refractivity contribution is 7.12. The van der Waals surface area contributed by atoms with Gasteiger partial charge in [0.2, 0.25) is 5.91 Å². The second kappa shape index (κ2) is 9.49. The molecule has 3 aromatic rings. The van der Waals surface area contributed by atoms with E-state index in [0.717, 1.165) is 36.6 Å². The third-order valence-electron chi connectivity index (χ3n) is 6.00. The van der Waals surface area contributed by atoms with Crippen molar-refractivity contribution in [2.24, 2.45) is 0 Å². The van der Waals surface area contributed by atoms with Gasteiger partial charge in [-0.25, -0.2) is 0 Å². The highest BCUT2D eigenvalue weighted by atomic mass is 35.5. The molecule has 1 aliphatic heterocycles. The predicted molar refractivity (Wildman–Crippen MR) is 127 cm³/mol. The van der Waals surface area contributed by atoms with Crippen molar-refractivity contribution in [3.8, 4) is 0 Å². The minimum atomic E-state index is -4.51. The lowest BCUT2D eigenvalue weighted by molar-refractivity contribution is -0.137. The second-order valence-corrected chi connectivity index (χ2v) is 9.77. The minimum absolute atomic E-state index is 0.0364. The largest absolute Gasteiger partial charge is 0.416 e. The maximum Gasteiger partial charge on any atom is 0.416 e. The van der Waals surface area contributed by atoms with Gasteiger partial charge in [-0.15, -0.1) is 11.3 Å². The first-order valence-corrected chi connectivity index (χ1v) is 11.9. The summed E-state index contributed by atoms with van der Waals surface area (Å²) >= 11 is 7.83. The number of nitrogens with one attached hydrogen (secondary N) is 1. The number of fused-ring (bicyclic) bond motifs is 1. The number of benzene rings is 2. The Balaban J connectivity index is 1.61. The van der Waals surface area contributed by atoms with Gasteiger partial charge in [0.05, 0.1) is 28.9 Å². The normalized spacial score (nSPS) is 16.5. The van der Waals surface area contributed by atoms with Gasteiger partial charge < -0.3 is 5.32 Å². The van der Waals surface area contributed by atoms with E-state index in [2.05, 4.69) is 36.2 Å². The van der Waals surface area contributed by atoms with Crippen LogP contribution in [0.1, 0.15) is 45.0 Å². The SMILES string of the molecule is CCc1c(C)sc2c1CCN(CC(=O)Nc1cc(C(F)(F)F)ccc1Cl)[C@@H]2c1ccccc1. The van der Waals surface area contributed by atoms with Crippen molar-refractivity contribution in [2.75, 3.05) is 18.4 Å². The molecule has 0 fully saturated rings. The van der Waals surface area contributed by atoms with Crippen molar-refractivity contribution >= 4 is 34.5 Å². The number of thiophene rings is 1. The van der Waals surface area contributed by atoms with Crippen LogP contribution in [-0.4, -0.2) is 23.9 Å². The lowest BCUT2D eigenvalue weighted by Gasteiger charge is -2.36. The second-order valence-electron chi connectivity index (χ2n) is 8.11. The maximum absolute atomic E-state index is 13.1. The van der Waals surface area contributed by atoms with Gasteiger partial charge in [-0.3, -0.25) is 9.69 Å². The van der Waals surface area contributed by atoms with Gasteiger partial charge in [0.25, 0.3) is 0 Å². The molecule has 33 heavy (non-hydrogen) atoms. The molecule has 0 unspecified atom stereocenters. The highest BCUT2D eigenvalue weighted by Crippen LogP contribution is 2.42. The van der Waals surface area contributed by atoms with Gasteiger partial charge in [0.1, 0.15) is 0 Å². The number of halogens is 4. The van der Waals surface area contributed by atoms with Crippen molar-refractivity contribution in [1.82, 2.24) is 4.90 Å². The summed E-state index contributed by atoms with van der Waals surface area (Å²) in [5.41, 5.74) is 2.95. The summed E-state index contributed by atoms with van der Waals surface area (Å²) < 4.78 is 39.3. The number of nitrogens with zero attached hydrogens (tertiary/aromatic N) is 1. The molecule has 0 aliphatic carbocycles. The van der Waals surface area contributed by atoms with Crippen LogP contribution < -0.4 is 5.32 Å². The van der Waals surface area contributed by atoms with E-state index in [0.29, 0.717) is 6.54 Å². The van der Waals surface area contributed by atoms with Crippen molar-refractivity contribution in [3.63, 3.8) is 0 Å². The van der Waals surface area contributed by atoms with Gasteiger partial charge >= 0.3 is 6.18 Å². The van der Waals surface area contributed by atoms with Crippen LogP contribution in [0.5, 0.6) is 0 Å². The van der Waals surface area contributed by atoms with Gasteiger partial charge in [-0.2, -0.15) is 13.2 Å². The van der Waals surface area contributed by atoms with Crippen molar-refractivity contribution in [2.45, 2.75) is 38.9 Å². The van der Waals surface area contributed by atoms with Crippen LogP contribution in [0.4, 0.5) is 18.9 Å². The third-order valence-corrected chi connectivity index (χ3v) is 7.57. The van der Waals surface area contributed by atoms with Gasteiger partial charge in [0.15, 0.2) is 0 Å². The lowest BCUT2D eigenvalue weighted by atomic mass is 9.91.